The maximum Gasteiger partial charge on any atom is 0.224 e. The molecule has 6 heteroatoms. The lowest BCUT2D eigenvalue weighted by Gasteiger charge is -2.23. The van der Waals surface area contributed by atoms with E-state index in [1.807, 2.05) is 6.92 Å². The Morgan fingerprint density at radius 2 is 2.08 bits per heavy atom. The Balaban J connectivity index is 1.55. The summed E-state index contributed by atoms with van der Waals surface area (Å²) in [4.78, 5) is 26.0. The molecule has 0 spiro atoms. The predicted molar refractivity (Wildman–Crippen MR) is 89.9 cm³/mol. The summed E-state index contributed by atoms with van der Waals surface area (Å²) in [5.74, 6) is 0.132. The van der Waals surface area contributed by atoms with Gasteiger partial charge in [-0.25, -0.2) is 4.39 Å². The van der Waals surface area contributed by atoms with Crippen molar-refractivity contribution in [3.05, 3.63) is 34.6 Å². The Hall–Kier alpha value is -1.62. The van der Waals surface area contributed by atoms with Gasteiger partial charge in [0, 0.05) is 35.5 Å². The molecule has 3 rings (SSSR count). The highest BCUT2D eigenvalue weighted by Crippen LogP contribution is 2.37. The molecule has 0 aliphatic heterocycles. The molecule has 24 heavy (non-hydrogen) atoms. The number of carbonyl (C=O) groups excluding carboxylic acids is 2. The highest BCUT2D eigenvalue weighted by atomic mass is 35.5. The largest absolute Gasteiger partial charge is 0.355 e. The normalized spacial score (nSPS) is 22.1. The van der Waals surface area contributed by atoms with Gasteiger partial charge in [-0.3, -0.25) is 9.59 Å². The first-order valence-corrected chi connectivity index (χ1v) is 8.85. The molecule has 0 heterocycles. The van der Waals surface area contributed by atoms with Gasteiger partial charge in [-0.2, -0.15) is 0 Å². The molecule has 2 atom stereocenters. The first-order valence-electron chi connectivity index (χ1n) is 8.47. The zero-order valence-electron chi connectivity index (χ0n) is 13.7. The van der Waals surface area contributed by atoms with Gasteiger partial charge in [0.15, 0.2) is 0 Å². The van der Waals surface area contributed by atoms with Crippen LogP contribution in [0.4, 0.5) is 4.39 Å². The van der Waals surface area contributed by atoms with Gasteiger partial charge in [-0.15, -0.1) is 0 Å². The summed E-state index contributed by atoms with van der Waals surface area (Å²) >= 11 is 6.07. The van der Waals surface area contributed by atoms with Gasteiger partial charge in [0.1, 0.15) is 5.82 Å². The molecule has 2 aliphatic rings. The van der Waals surface area contributed by atoms with Crippen LogP contribution < -0.4 is 5.32 Å². The molecule has 130 valence electrons. The maximum atomic E-state index is 14.0. The van der Waals surface area contributed by atoms with Crippen LogP contribution in [-0.2, 0) is 16.1 Å². The van der Waals surface area contributed by atoms with Crippen molar-refractivity contribution in [2.75, 3.05) is 6.54 Å². The van der Waals surface area contributed by atoms with Crippen molar-refractivity contribution < 1.29 is 14.0 Å². The second kappa shape index (κ2) is 7.09. The number of hydrogen-bond donors (Lipinski definition) is 1. The SMILES string of the molecule is C[C@@H]1C[C@H]1C(=O)NCCC(=O)N(Cc1c(F)cccc1Cl)C1CC1. The minimum atomic E-state index is -0.392. The number of nitrogens with one attached hydrogen (secondary N) is 1. The van der Waals surface area contributed by atoms with Gasteiger partial charge >= 0.3 is 0 Å². The molecular formula is C18H22ClFN2O2. The third-order valence-corrected chi connectivity index (χ3v) is 5.14. The van der Waals surface area contributed by atoms with Gasteiger partial charge in [0.05, 0.1) is 6.54 Å². The molecule has 4 nitrogen and oxygen atoms in total. The summed E-state index contributed by atoms with van der Waals surface area (Å²) in [5.41, 5.74) is 0.357. The van der Waals surface area contributed by atoms with E-state index < -0.39 is 5.82 Å². The van der Waals surface area contributed by atoms with E-state index in [0.29, 0.717) is 23.0 Å². The molecule has 2 fully saturated rings. The minimum absolute atomic E-state index is 0.0328. The van der Waals surface area contributed by atoms with E-state index in [9.17, 15) is 14.0 Å². The van der Waals surface area contributed by atoms with Crippen molar-refractivity contribution in [1.82, 2.24) is 10.2 Å². The van der Waals surface area contributed by atoms with E-state index >= 15 is 0 Å². The molecule has 1 aromatic rings. The molecule has 2 amide bonds. The van der Waals surface area contributed by atoms with Crippen LogP contribution in [0, 0.1) is 17.7 Å². The van der Waals surface area contributed by atoms with Crippen LogP contribution in [0.15, 0.2) is 18.2 Å². The quantitative estimate of drug-likeness (QED) is 0.819. The Bertz CT molecular complexity index is 628. The van der Waals surface area contributed by atoms with E-state index in [-0.39, 0.29) is 36.7 Å². The van der Waals surface area contributed by atoms with Gasteiger partial charge in [-0.1, -0.05) is 24.6 Å². The Morgan fingerprint density at radius 1 is 1.38 bits per heavy atom. The molecule has 0 aromatic heterocycles. The molecule has 1 N–H and O–H groups in total. The third-order valence-electron chi connectivity index (χ3n) is 4.78. The Kier molecular flexibility index (Phi) is 5.09. The van der Waals surface area contributed by atoms with Crippen molar-refractivity contribution in [3.63, 3.8) is 0 Å². The zero-order valence-corrected chi connectivity index (χ0v) is 14.5. The molecule has 0 unspecified atom stereocenters. The average Bonchev–Trinajstić information content (AvgIpc) is 3.43. The van der Waals surface area contributed by atoms with Gasteiger partial charge in [0.25, 0.3) is 0 Å². The smallest absolute Gasteiger partial charge is 0.224 e. The molecular weight excluding hydrogens is 331 g/mol. The highest BCUT2D eigenvalue weighted by molar-refractivity contribution is 6.31. The molecule has 2 aliphatic carbocycles. The second-order valence-electron chi connectivity index (χ2n) is 6.81. The first kappa shape index (κ1) is 17.2. The first-order chi connectivity index (χ1) is 11.5. The van der Waals surface area contributed by atoms with Crippen LogP contribution in [0.2, 0.25) is 5.02 Å². The molecule has 1 aromatic carbocycles. The van der Waals surface area contributed by atoms with Crippen molar-refractivity contribution in [2.24, 2.45) is 11.8 Å². The monoisotopic (exact) mass is 352 g/mol. The maximum absolute atomic E-state index is 14.0. The fourth-order valence-electron chi connectivity index (χ4n) is 2.92. The predicted octanol–water partition coefficient (Wildman–Crippen LogP) is 3.13. The van der Waals surface area contributed by atoms with E-state index in [0.717, 1.165) is 19.3 Å². The van der Waals surface area contributed by atoms with Crippen molar-refractivity contribution in [2.45, 2.75) is 45.2 Å². The van der Waals surface area contributed by atoms with Crippen LogP contribution in [-0.4, -0.2) is 29.3 Å². The Labute approximate surface area is 146 Å². The standard InChI is InChI=1S/C18H22ClFN2O2/c1-11-9-13(11)18(24)21-8-7-17(23)22(12-5-6-12)10-14-15(19)3-2-4-16(14)20/h2-4,11-13H,5-10H2,1H3,(H,21,24)/t11-,13-/m1/s1. The topological polar surface area (TPSA) is 49.4 Å². The van der Waals surface area contributed by atoms with E-state index in [4.69, 9.17) is 11.6 Å². The number of carbonyl (C=O) groups is 2. The summed E-state index contributed by atoms with van der Waals surface area (Å²) in [7, 11) is 0. The summed E-state index contributed by atoms with van der Waals surface area (Å²) in [6.07, 6.45) is 3.03. The van der Waals surface area contributed by atoms with E-state index in [1.54, 1.807) is 17.0 Å². The number of nitrogens with zero attached hydrogens (tertiary/aromatic N) is 1. The lowest BCUT2D eigenvalue weighted by molar-refractivity contribution is -0.132. The van der Waals surface area contributed by atoms with Gasteiger partial charge < -0.3 is 10.2 Å². The van der Waals surface area contributed by atoms with Crippen LogP contribution in [0.5, 0.6) is 0 Å². The van der Waals surface area contributed by atoms with E-state index in [2.05, 4.69) is 5.32 Å². The van der Waals surface area contributed by atoms with Crippen molar-refractivity contribution in [3.8, 4) is 0 Å². The fraction of sp³-hybridized carbons (Fsp3) is 0.556. The summed E-state index contributed by atoms with van der Waals surface area (Å²) in [6, 6.07) is 4.70. The second-order valence-corrected chi connectivity index (χ2v) is 7.22. The zero-order chi connectivity index (χ0) is 17.3. The Morgan fingerprint density at radius 3 is 2.67 bits per heavy atom. The van der Waals surface area contributed by atoms with Crippen LogP contribution in [0.25, 0.3) is 0 Å². The summed E-state index contributed by atoms with van der Waals surface area (Å²) in [5, 5.41) is 3.16. The van der Waals surface area contributed by atoms with Gasteiger partial charge in [0.2, 0.25) is 11.8 Å². The third kappa shape index (κ3) is 4.07. The number of halogens is 2. The minimum Gasteiger partial charge on any atom is -0.355 e. The molecule has 0 radical (unpaired) electrons. The molecule has 0 bridgehead atoms. The van der Waals surface area contributed by atoms with Crippen LogP contribution in [0.1, 0.15) is 38.2 Å². The number of rotatable bonds is 7. The van der Waals surface area contributed by atoms with Crippen LogP contribution in [0.3, 0.4) is 0 Å². The lowest BCUT2D eigenvalue weighted by atomic mass is 10.2. The summed E-state index contributed by atoms with van der Waals surface area (Å²) in [6.45, 7) is 2.56. The van der Waals surface area contributed by atoms with Gasteiger partial charge in [-0.05, 0) is 37.3 Å². The fourth-order valence-corrected chi connectivity index (χ4v) is 3.14. The lowest BCUT2D eigenvalue weighted by Crippen LogP contribution is -2.36. The van der Waals surface area contributed by atoms with Crippen molar-refractivity contribution >= 4 is 23.4 Å². The number of amides is 2. The van der Waals surface area contributed by atoms with E-state index in [1.165, 1.54) is 6.07 Å². The highest BCUT2D eigenvalue weighted by Gasteiger charge is 2.39. The van der Waals surface area contributed by atoms with Crippen LogP contribution >= 0.6 is 11.6 Å². The number of hydrogen-bond acceptors (Lipinski definition) is 2. The molecule has 0 saturated heterocycles. The molecule has 2 saturated carbocycles. The number of benzene rings is 1. The summed E-state index contributed by atoms with van der Waals surface area (Å²) < 4.78 is 14.0. The average molecular weight is 353 g/mol. The van der Waals surface area contributed by atoms with Crippen molar-refractivity contribution in [1.29, 1.82) is 0 Å².